The number of guanidine groups is 1. The number of nitrogens with one attached hydrogen (secondary N) is 3. The first-order valence-electron chi connectivity index (χ1n) is 9.70. The molecule has 3 N–H and O–H groups in total. The van der Waals surface area contributed by atoms with E-state index in [9.17, 15) is 0 Å². The topological polar surface area (TPSA) is 64.7 Å². The first kappa shape index (κ1) is 19.0. The number of hydrogen-bond acceptors (Lipinski definition) is 4. The van der Waals surface area contributed by atoms with Crippen LogP contribution in [0.15, 0.2) is 52.8 Å². The van der Waals surface area contributed by atoms with Gasteiger partial charge in [-0.3, -0.25) is 9.89 Å². The summed E-state index contributed by atoms with van der Waals surface area (Å²) in [5.41, 5.74) is 2.31. The van der Waals surface area contributed by atoms with Crippen LogP contribution in [0.25, 0.3) is 10.9 Å². The molecule has 1 unspecified atom stereocenters. The molecular formula is C21H27N5OS. The summed E-state index contributed by atoms with van der Waals surface area (Å²) in [7, 11) is 1.81. The Labute approximate surface area is 169 Å². The third-order valence-corrected chi connectivity index (χ3v) is 6.05. The van der Waals surface area contributed by atoms with Gasteiger partial charge in [0.15, 0.2) is 5.96 Å². The Kier molecular flexibility index (Phi) is 6.26. The molecule has 1 saturated heterocycles. The molecule has 1 aliphatic rings. The number of fused-ring (bicyclic) bond motifs is 1. The van der Waals surface area contributed by atoms with Crippen molar-refractivity contribution in [1.29, 1.82) is 0 Å². The quantitative estimate of drug-likeness (QED) is 0.442. The number of benzene rings is 1. The van der Waals surface area contributed by atoms with E-state index in [1.165, 1.54) is 10.3 Å². The predicted octanol–water partition coefficient (Wildman–Crippen LogP) is 2.97. The number of hydrogen-bond donors (Lipinski definition) is 3. The highest BCUT2D eigenvalue weighted by molar-refractivity contribution is 7.10. The molecule has 1 aliphatic heterocycles. The van der Waals surface area contributed by atoms with Gasteiger partial charge >= 0.3 is 0 Å². The zero-order valence-corrected chi connectivity index (χ0v) is 17.0. The summed E-state index contributed by atoms with van der Waals surface area (Å²) in [5.74, 6) is 0.813. The first-order valence-corrected chi connectivity index (χ1v) is 10.6. The van der Waals surface area contributed by atoms with E-state index in [1.54, 1.807) is 0 Å². The minimum atomic E-state index is 0.329. The number of aromatic nitrogens is 1. The normalized spacial score (nSPS) is 17.0. The van der Waals surface area contributed by atoms with Crippen LogP contribution in [0.2, 0.25) is 0 Å². The SMILES string of the molecule is CN=C(NCc1cc2ccccc2[nH]1)NCC(c1cccs1)N1CCOCC1. The standard InChI is InChI=1S/C21H27N5OS/c1-22-21(23-14-17-13-16-5-2-3-6-18(16)25-17)24-15-19(20-7-4-12-28-20)26-8-10-27-11-9-26/h2-7,12-13,19,25H,8-11,14-15H2,1H3,(H2,22,23,24). The van der Waals surface area contributed by atoms with E-state index in [1.807, 2.05) is 24.5 Å². The summed E-state index contributed by atoms with van der Waals surface area (Å²) in [6.07, 6.45) is 0. The highest BCUT2D eigenvalue weighted by Crippen LogP contribution is 2.25. The number of rotatable bonds is 6. The number of H-pyrrole nitrogens is 1. The van der Waals surface area contributed by atoms with Crippen LogP contribution in [0.5, 0.6) is 0 Å². The summed E-state index contributed by atoms with van der Waals surface area (Å²) in [6, 6.07) is 15.2. The van der Waals surface area contributed by atoms with Gasteiger partial charge in [-0.1, -0.05) is 24.3 Å². The molecule has 0 radical (unpaired) electrons. The van der Waals surface area contributed by atoms with Crippen LogP contribution in [0, 0.1) is 0 Å². The Morgan fingerprint density at radius 2 is 2.07 bits per heavy atom. The lowest BCUT2D eigenvalue weighted by Crippen LogP contribution is -2.46. The number of thiophene rings is 1. The van der Waals surface area contributed by atoms with E-state index < -0.39 is 0 Å². The summed E-state index contributed by atoms with van der Waals surface area (Å²) in [5, 5.41) is 10.3. The molecular weight excluding hydrogens is 370 g/mol. The van der Waals surface area contributed by atoms with Crippen LogP contribution in [0.3, 0.4) is 0 Å². The van der Waals surface area contributed by atoms with E-state index in [-0.39, 0.29) is 0 Å². The van der Waals surface area contributed by atoms with Gasteiger partial charge in [0.25, 0.3) is 0 Å². The fraction of sp³-hybridized carbons (Fsp3) is 0.381. The van der Waals surface area contributed by atoms with Crippen molar-refractivity contribution in [2.45, 2.75) is 12.6 Å². The number of nitrogens with zero attached hydrogens (tertiary/aromatic N) is 2. The molecule has 1 fully saturated rings. The van der Waals surface area contributed by atoms with Gasteiger partial charge in [-0.15, -0.1) is 11.3 Å². The van der Waals surface area contributed by atoms with Crippen molar-refractivity contribution in [3.05, 3.63) is 58.4 Å². The lowest BCUT2D eigenvalue weighted by atomic mass is 10.2. The molecule has 148 valence electrons. The Morgan fingerprint density at radius 1 is 1.21 bits per heavy atom. The van der Waals surface area contributed by atoms with E-state index in [0.29, 0.717) is 12.6 Å². The Bertz CT molecular complexity index is 866. The van der Waals surface area contributed by atoms with Crippen molar-refractivity contribution in [1.82, 2.24) is 20.5 Å². The molecule has 0 bridgehead atoms. The second kappa shape index (κ2) is 9.23. The van der Waals surface area contributed by atoms with Crippen molar-refractivity contribution in [3.8, 4) is 0 Å². The zero-order valence-electron chi connectivity index (χ0n) is 16.1. The molecule has 0 spiro atoms. The maximum Gasteiger partial charge on any atom is 0.191 e. The van der Waals surface area contributed by atoms with Crippen LogP contribution in [0.1, 0.15) is 16.6 Å². The average Bonchev–Trinajstić information content (AvgIpc) is 3.41. The van der Waals surface area contributed by atoms with Crippen LogP contribution in [0.4, 0.5) is 0 Å². The Balaban J connectivity index is 1.36. The number of aromatic amines is 1. The zero-order chi connectivity index (χ0) is 19.2. The highest BCUT2D eigenvalue weighted by Gasteiger charge is 2.23. The fourth-order valence-electron chi connectivity index (χ4n) is 3.60. The lowest BCUT2D eigenvalue weighted by molar-refractivity contribution is 0.0177. The van der Waals surface area contributed by atoms with Gasteiger partial charge in [-0.05, 0) is 29.0 Å². The summed E-state index contributed by atoms with van der Waals surface area (Å²) >= 11 is 1.81. The summed E-state index contributed by atoms with van der Waals surface area (Å²) in [4.78, 5) is 11.7. The molecule has 6 nitrogen and oxygen atoms in total. The molecule has 3 aromatic rings. The molecule has 0 saturated carbocycles. The van der Waals surface area contributed by atoms with E-state index >= 15 is 0 Å². The molecule has 0 amide bonds. The van der Waals surface area contributed by atoms with Crippen molar-refractivity contribution in [3.63, 3.8) is 0 Å². The molecule has 1 atom stereocenters. The maximum atomic E-state index is 5.53. The molecule has 4 rings (SSSR count). The lowest BCUT2D eigenvalue weighted by Gasteiger charge is -2.34. The largest absolute Gasteiger partial charge is 0.379 e. The molecule has 1 aromatic carbocycles. The van der Waals surface area contributed by atoms with Crippen LogP contribution in [-0.2, 0) is 11.3 Å². The van der Waals surface area contributed by atoms with E-state index in [4.69, 9.17) is 4.74 Å². The second-order valence-corrected chi connectivity index (χ2v) is 7.85. The monoisotopic (exact) mass is 397 g/mol. The highest BCUT2D eigenvalue weighted by atomic mass is 32.1. The molecule has 0 aliphatic carbocycles. The number of para-hydroxylation sites is 1. The van der Waals surface area contributed by atoms with Gasteiger partial charge in [0.2, 0.25) is 0 Å². The molecule has 2 aromatic heterocycles. The first-order chi connectivity index (χ1) is 13.8. The van der Waals surface area contributed by atoms with E-state index in [2.05, 4.69) is 67.3 Å². The van der Waals surface area contributed by atoms with Gasteiger partial charge in [-0.2, -0.15) is 0 Å². The van der Waals surface area contributed by atoms with Crippen LogP contribution < -0.4 is 10.6 Å². The predicted molar refractivity (Wildman–Crippen MR) is 116 cm³/mol. The van der Waals surface area contributed by atoms with Gasteiger partial charge in [0, 0.05) is 42.8 Å². The smallest absolute Gasteiger partial charge is 0.191 e. The van der Waals surface area contributed by atoms with Crippen molar-refractivity contribution in [2.24, 2.45) is 4.99 Å². The Morgan fingerprint density at radius 3 is 2.82 bits per heavy atom. The Hall–Kier alpha value is -2.35. The minimum Gasteiger partial charge on any atom is -0.379 e. The van der Waals surface area contributed by atoms with Crippen LogP contribution in [-0.4, -0.2) is 55.7 Å². The number of ether oxygens (including phenoxy) is 1. The third-order valence-electron chi connectivity index (χ3n) is 5.08. The minimum absolute atomic E-state index is 0.329. The molecule has 7 heteroatoms. The third kappa shape index (κ3) is 4.55. The van der Waals surface area contributed by atoms with Crippen molar-refractivity contribution >= 4 is 28.2 Å². The van der Waals surface area contributed by atoms with Gasteiger partial charge in [0.1, 0.15) is 0 Å². The van der Waals surface area contributed by atoms with Gasteiger partial charge in [-0.25, -0.2) is 0 Å². The van der Waals surface area contributed by atoms with Gasteiger partial charge < -0.3 is 20.4 Å². The average molecular weight is 398 g/mol. The fourth-order valence-corrected chi connectivity index (χ4v) is 4.46. The molecule has 3 heterocycles. The maximum absolute atomic E-state index is 5.53. The van der Waals surface area contributed by atoms with Crippen molar-refractivity contribution in [2.75, 3.05) is 39.9 Å². The number of aliphatic imine (C=N–C) groups is 1. The second-order valence-electron chi connectivity index (χ2n) is 6.87. The van der Waals surface area contributed by atoms with Crippen molar-refractivity contribution < 1.29 is 4.74 Å². The van der Waals surface area contributed by atoms with E-state index in [0.717, 1.165) is 50.0 Å². The van der Waals surface area contributed by atoms with Gasteiger partial charge in [0.05, 0.1) is 25.8 Å². The molecule has 28 heavy (non-hydrogen) atoms. The number of morpholine rings is 1. The van der Waals surface area contributed by atoms with Crippen LogP contribution >= 0.6 is 11.3 Å². The summed E-state index contributed by atoms with van der Waals surface area (Å²) < 4.78 is 5.53. The summed E-state index contributed by atoms with van der Waals surface area (Å²) in [6.45, 7) is 5.05.